The third-order valence-electron chi connectivity index (χ3n) is 2.13. The zero-order valence-electron chi connectivity index (χ0n) is 7.10. The average molecular weight is 198 g/mol. The average Bonchev–Trinajstić information content (AvgIpc) is 2.61. The number of nitrogens with zero attached hydrogens (tertiary/aromatic N) is 2. The van der Waals surface area contributed by atoms with Crippen molar-refractivity contribution in [2.45, 2.75) is 12.8 Å². The Labute approximate surface area is 80.1 Å². The Kier molecular flexibility index (Phi) is 2.65. The zero-order chi connectivity index (χ0) is 9.10. The van der Waals surface area contributed by atoms with Crippen LogP contribution >= 0.6 is 11.5 Å². The van der Waals surface area contributed by atoms with Crippen LogP contribution < -0.4 is 0 Å². The highest BCUT2D eigenvalue weighted by atomic mass is 32.1. The molecule has 1 aromatic heterocycles. The lowest BCUT2D eigenvalue weighted by atomic mass is 9.96. The van der Waals surface area contributed by atoms with Gasteiger partial charge in [-0.2, -0.15) is 0 Å². The summed E-state index contributed by atoms with van der Waals surface area (Å²) in [6.45, 7) is 1.11. The van der Waals surface area contributed by atoms with Crippen molar-refractivity contribution < 1.29 is 9.53 Å². The molecule has 2 rings (SSSR count). The van der Waals surface area contributed by atoms with Crippen LogP contribution in [0.1, 0.15) is 12.1 Å². The monoisotopic (exact) mass is 198 g/mol. The van der Waals surface area contributed by atoms with Gasteiger partial charge in [0, 0.05) is 24.1 Å². The van der Waals surface area contributed by atoms with Crippen LogP contribution in [0.15, 0.2) is 5.38 Å². The number of ketones is 1. The molecule has 13 heavy (non-hydrogen) atoms. The fourth-order valence-corrected chi connectivity index (χ4v) is 1.86. The van der Waals surface area contributed by atoms with E-state index in [0.29, 0.717) is 31.8 Å². The van der Waals surface area contributed by atoms with Gasteiger partial charge in [-0.3, -0.25) is 4.79 Å². The lowest BCUT2D eigenvalue weighted by Crippen LogP contribution is -2.29. The number of carbonyl (C=O) groups is 1. The van der Waals surface area contributed by atoms with Crippen LogP contribution in [-0.2, 0) is 16.0 Å². The molecule has 2 heterocycles. The topological polar surface area (TPSA) is 52.1 Å². The molecule has 70 valence electrons. The third-order valence-corrected chi connectivity index (χ3v) is 2.68. The molecule has 1 aromatic rings. The van der Waals surface area contributed by atoms with Crippen molar-refractivity contribution in [3.05, 3.63) is 11.1 Å². The Morgan fingerprint density at radius 2 is 2.62 bits per heavy atom. The first-order valence-corrected chi connectivity index (χ1v) is 5.06. The Morgan fingerprint density at radius 1 is 1.69 bits per heavy atom. The molecule has 1 aliphatic heterocycles. The van der Waals surface area contributed by atoms with Crippen molar-refractivity contribution in [3.63, 3.8) is 0 Å². The minimum Gasteiger partial charge on any atom is -0.380 e. The molecule has 0 saturated carbocycles. The van der Waals surface area contributed by atoms with Crippen LogP contribution in [0.25, 0.3) is 0 Å². The molecule has 0 amide bonds. The fourth-order valence-electron chi connectivity index (χ4n) is 1.39. The summed E-state index contributed by atoms with van der Waals surface area (Å²) in [5, 5.41) is 5.78. The van der Waals surface area contributed by atoms with E-state index in [2.05, 4.69) is 9.59 Å². The molecule has 0 aromatic carbocycles. The highest BCUT2D eigenvalue weighted by Crippen LogP contribution is 2.14. The van der Waals surface area contributed by atoms with E-state index in [1.165, 1.54) is 11.5 Å². The maximum absolute atomic E-state index is 11.4. The maximum atomic E-state index is 11.4. The Balaban J connectivity index is 1.97. The SMILES string of the molecule is O=C1CCOCC1Cc1csnn1. The number of Topliss-reactive ketones (excluding diaryl/α,β-unsaturated/α-hetero) is 1. The summed E-state index contributed by atoms with van der Waals surface area (Å²) in [6.07, 6.45) is 1.22. The van der Waals surface area contributed by atoms with Crippen LogP contribution in [-0.4, -0.2) is 28.6 Å². The molecule has 1 fully saturated rings. The first-order chi connectivity index (χ1) is 6.36. The zero-order valence-corrected chi connectivity index (χ0v) is 7.92. The molecule has 0 N–H and O–H groups in total. The van der Waals surface area contributed by atoms with Crippen molar-refractivity contribution in [2.24, 2.45) is 5.92 Å². The minimum absolute atomic E-state index is 0.00218. The van der Waals surface area contributed by atoms with Gasteiger partial charge in [0.2, 0.25) is 0 Å². The van der Waals surface area contributed by atoms with Crippen molar-refractivity contribution in [2.75, 3.05) is 13.2 Å². The molecule has 0 aliphatic carbocycles. The molecule has 0 radical (unpaired) electrons. The van der Waals surface area contributed by atoms with Crippen LogP contribution in [0.4, 0.5) is 0 Å². The predicted molar refractivity (Wildman–Crippen MR) is 47.5 cm³/mol. The number of carbonyl (C=O) groups excluding carboxylic acids is 1. The van der Waals surface area contributed by atoms with E-state index >= 15 is 0 Å². The van der Waals surface area contributed by atoms with Gasteiger partial charge in [0.25, 0.3) is 0 Å². The Hall–Kier alpha value is -0.810. The number of hydrogen-bond donors (Lipinski definition) is 0. The highest BCUT2D eigenvalue weighted by molar-refractivity contribution is 7.03. The van der Waals surface area contributed by atoms with Crippen molar-refractivity contribution >= 4 is 17.3 Å². The van der Waals surface area contributed by atoms with Crippen molar-refractivity contribution in [1.82, 2.24) is 9.59 Å². The number of rotatable bonds is 2. The van der Waals surface area contributed by atoms with E-state index in [-0.39, 0.29) is 5.92 Å². The maximum Gasteiger partial charge on any atom is 0.140 e. The molecule has 1 aliphatic rings. The van der Waals surface area contributed by atoms with Gasteiger partial charge >= 0.3 is 0 Å². The van der Waals surface area contributed by atoms with Gasteiger partial charge in [-0.05, 0) is 11.5 Å². The molecule has 0 bridgehead atoms. The van der Waals surface area contributed by atoms with E-state index in [4.69, 9.17) is 4.74 Å². The van der Waals surface area contributed by atoms with E-state index in [9.17, 15) is 4.79 Å². The number of hydrogen-bond acceptors (Lipinski definition) is 5. The van der Waals surface area contributed by atoms with Gasteiger partial charge in [-0.1, -0.05) is 4.49 Å². The standard InChI is InChI=1S/C8H10N2O2S/c11-8-1-2-12-4-6(8)3-7-5-13-10-9-7/h5-6H,1-4H2. The lowest BCUT2D eigenvalue weighted by molar-refractivity contribution is -0.130. The van der Waals surface area contributed by atoms with Crippen molar-refractivity contribution in [3.8, 4) is 0 Å². The second-order valence-corrected chi connectivity index (χ2v) is 3.70. The smallest absolute Gasteiger partial charge is 0.140 e. The summed E-state index contributed by atoms with van der Waals surface area (Å²) < 4.78 is 8.99. The first-order valence-electron chi connectivity index (χ1n) is 4.22. The van der Waals surface area contributed by atoms with Gasteiger partial charge in [-0.15, -0.1) is 5.10 Å². The predicted octanol–water partition coefficient (Wildman–Crippen LogP) is 0.686. The summed E-state index contributed by atoms with van der Waals surface area (Å²) in [5.41, 5.74) is 0.897. The van der Waals surface area contributed by atoms with Gasteiger partial charge in [0.1, 0.15) is 5.78 Å². The molecule has 1 saturated heterocycles. The minimum atomic E-state index is -0.00218. The Bertz CT molecular complexity index is 286. The van der Waals surface area contributed by atoms with Gasteiger partial charge in [0.05, 0.1) is 18.9 Å². The number of aromatic nitrogens is 2. The molecule has 1 atom stereocenters. The first kappa shape index (κ1) is 8.77. The van der Waals surface area contributed by atoms with E-state index < -0.39 is 0 Å². The van der Waals surface area contributed by atoms with E-state index in [0.717, 1.165) is 5.69 Å². The van der Waals surface area contributed by atoms with Crippen molar-refractivity contribution in [1.29, 1.82) is 0 Å². The van der Waals surface area contributed by atoms with Gasteiger partial charge in [0.15, 0.2) is 0 Å². The summed E-state index contributed by atoms with van der Waals surface area (Å²) >= 11 is 1.32. The molecule has 4 nitrogen and oxygen atoms in total. The summed E-state index contributed by atoms with van der Waals surface area (Å²) in [6, 6.07) is 0. The molecule has 0 spiro atoms. The fraction of sp³-hybridized carbons (Fsp3) is 0.625. The van der Waals surface area contributed by atoms with Crippen LogP contribution in [0.2, 0.25) is 0 Å². The van der Waals surface area contributed by atoms with E-state index in [1.54, 1.807) is 0 Å². The lowest BCUT2D eigenvalue weighted by Gasteiger charge is -2.19. The Morgan fingerprint density at radius 3 is 3.31 bits per heavy atom. The second-order valence-electron chi connectivity index (χ2n) is 3.09. The molecular formula is C8H10N2O2S. The number of ether oxygens (including phenoxy) is 1. The normalized spacial score (nSPS) is 23.4. The van der Waals surface area contributed by atoms with Crippen LogP contribution in [0, 0.1) is 5.92 Å². The largest absolute Gasteiger partial charge is 0.380 e. The third kappa shape index (κ3) is 2.10. The highest BCUT2D eigenvalue weighted by Gasteiger charge is 2.23. The van der Waals surface area contributed by atoms with Crippen LogP contribution in [0.5, 0.6) is 0 Å². The summed E-state index contributed by atoms with van der Waals surface area (Å²) in [4.78, 5) is 11.4. The van der Waals surface area contributed by atoms with Gasteiger partial charge < -0.3 is 4.74 Å². The quantitative estimate of drug-likeness (QED) is 0.701. The molecular weight excluding hydrogens is 188 g/mol. The van der Waals surface area contributed by atoms with Gasteiger partial charge in [-0.25, -0.2) is 0 Å². The van der Waals surface area contributed by atoms with Crippen LogP contribution in [0.3, 0.4) is 0 Å². The molecule has 5 heteroatoms. The second kappa shape index (κ2) is 3.93. The molecule has 1 unspecified atom stereocenters. The summed E-state index contributed by atoms with van der Waals surface area (Å²) in [7, 11) is 0. The summed E-state index contributed by atoms with van der Waals surface area (Å²) in [5.74, 6) is 0.289. The van der Waals surface area contributed by atoms with E-state index in [1.807, 2.05) is 5.38 Å².